The molecule has 1 aromatic heterocycles. The Balaban J connectivity index is 1.66. The average Bonchev–Trinajstić information content (AvgIpc) is 3.19. The van der Waals surface area contributed by atoms with Crippen LogP contribution in [0.5, 0.6) is 5.75 Å². The second-order valence-corrected chi connectivity index (χ2v) is 7.78. The summed E-state index contributed by atoms with van der Waals surface area (Å²) in [4.78, 5) is 34.0. The number of nitrogens with one attached hydrogen (secondary N) is 1. The van der Waals surface area contributed by atoms with E-state index < -0.39 is 0 Å². The molecule has 0 radical (unpaired) electrons. The molecule has 4 rings (SSSR count). The molecule has 6 nitrogen and oxygen atoms in total. The first-order valence-electron chi connectivity index (χ1n) is 10.2. The number of para-hydroxylation sites is 1. The van der Waals surface area contributed by atoms with Gasteiger partial charge < -0.3 is 14.6 Å². The van der Waals surface area contributed by atoms with E-state index in [2.05, 4.69) is 9.97 Å². The molecule has 1 amide bonds. The molecule has 1 saturated heterocycles. The summed E-state index contributed by atoms with van der Waals surface area (Å²) in [6.07, 6.45) is 0.183. The molecular formula is C24H24FN3O3. The molecule has 2 atom stereocenters. The molecule has 1 aliphatic heterocycles. The van der Waals surface area contributed by atoms with Crippen molar-refractivity contribution in [3.8, 4) is 5.75 Å². The maximum atomic E-state index is 14.7. The smallest absolute Gasteiger partial charge is 0.251 e. The normalized spacial score (nSPS) is 18.2. The summed E-state index contributed by atoms with van der Waals surface area (Å²) < 4.78 is 20.0. The lowest BCUT2D eigenvalue weighted by atomic mass is 9.86. The topological polar surface area (TPSA) is 75.3 Å². The van der Waals surface area contributed by atoms with Gasteiger partial charge in [0.25, 0.3) is 5.56 Å². The molecule has 7 heteroatoms. The second kappa shape index (κ2) is 8.71. The van der Waals surface area contributed by atoms with E-state index in [1.165, 1.54) is 12.1 Å². The van der Waals surface area contributed by atoms with Gasteiger partial charge in [-0.1, -0.05) is 36.4 Å². The third kappa shape index (κ3) is 4.35. The van der Waals surface area contributed by atoms with E-state index in [9.17, 15) is 14.0 Å². The zero-order valence-corrected chi connectivity index (χ0v) is 17.5. The summed E-state index contributed by atoms with van der Waals surface area (Å²) in [7, 11) is 1.57. The average molecular weight is 421 g/mol. The Labute approximate surface area is 179 Å². The van der Waals surface area contributed by atoms with Crippen LogP contribution in [-0.2, 0) is 11.2 Å². The van der Waals surface area contributed by atoms with E-state index in [-0.39, 0.29) is 35.5 Å². The summed E-state index contributed by atoms with van der Waals surface area (Å²) in [6.45, 7) is 2.43. The molecule has 0 spiro atoms. The van der Waals surface area contributed by atoms with Gasteiger partial charge in [-0.2, -0.15) is 0 Å². The van der Waals surface area contributed by atoms with Gasteiger partial charge in [0.1, 0.15) is 17.4 Å². The van der Waals surface area contributed by atoms with Gasteiger partial charge in [0.15, 0.2) is 0 Å². The summed E-state index contributed by atoms with van der Waals surface area (Å²) >= 11 is 0. The number of aryl methyl sites for hydroxylation is 1. The van der Waals surface area contributed by atoms with Crippen LogP contribution in [-0.4, -0.2) is 41.0 Å². The van der Waals surface area contributed by atoms with Gasteiger partial charge in [-0.05, 0) is 24.6 Å². The summed E-state index contributed by atoms with van der Waals surface area (Å²) in [6, 6.07) is 15.4. The lowest BCUT2D eigenvalue weighted by Gasteiger charge is -2.18. The van der Waals surface area contributed by atoms with Gasteiger partial charge in [-0.3, -0.25) is 9.59 Å². The quantitative estimate of drug-likeness (QED) is 0.687. The molecule has 0 saturated carbocycles. The van der Waals surface area contributed by atoms with Gasteiger partial charge in [0, 0.05) is 36.6 Å². The largest absolute Gasteiger partial charge is 0.496 e. The van der Waals surface area contributed by atoms with Crippen LogP contribution in [0.1, 0.15) is 34.5 Å². The number of nitrogens with zero attached hydrogens (tertiary/aromatic N) is 2. The number of H-pyrrole nitrogens is 1. The number of carbonyl (C=O) groups excluding carboxylic acids is 1. The summed E-state index contributed by atoms with van der Waals surface area (Å²) in [5.74, 6) is 0.182. The first kappa shape index (κ1) is 20.8. The number of rotatable bonds is 5. The molecule has 0 bridgehead atoms. The van der Waals surface area contributed by atoms with Crippen LogP contribution in [0, 0.1) is 12.7 Å². The van der Waals surface area contributed by atoms with Crippen molar-refractivity contribution in [2.45, 2.75) is 25.2 Å². The molecule has 1 fully saturated rings. The number of halogens is 1. The maximum absolute atomic E-state index is 14.7. The first-order chi connectivity index (χ1) is 15.0. The third-order valence-corrected chi connectivity index (χ3v) is 5.77. The number of ether oxygens (including phenoxy) is 1. The number of hydrogen-bond acceptors (Lipinski definition) is 4. The van der Waals surface area contributed by atoms with E-state index in [4.69, 9.17) is 4.74 Å². The van der Waals surface area contributed by atoms with Crippen molar-refractivity contribution in [1.29, 1.82) is 0 Å². The molecule has 1 N–H and O–H groups in total. The molecular weight excluding hydrogens is 397 g/mol. The third-order valence-electron chi connectivity index (χ3n) is 5.77. The van der Waals surface area contributed by atoms with Gasteiger partial charge in [0.2, 0.25) is 5.91 Å². The van der Waals surface area contributed by atoms with Crippen molar-refractivity contribution in [3.05, 3.63) is 93.4 Å². The highest BCUT2D eigenvalue weighted by Gasteiger charge is 2.39. The number of benzene rings is 2. The number of methoxy groups -OCH3 is 1. The van der Waals surface area contributed by atoms with Crippen LogP contribution >= 0.6 is 0 Å². The molecule has 160 valence electrons. The minimum atomic E-state index is -0.321. The van der Waals surface area contributed by atoms with Crippen molar-refractivity contribution < 1.29 is 13.9 Å². The van der Waals surface area contributed by atoms with Crippen molar-refractivity contribution in [3.63, 3.8) is 0 Å². The van der Waals surface area contributed by atoms with E-state index in [1.54, 1.807) is 37.1 Å². The molecule has 3 aromatic rings. The van der Waals surface area contributed by atoms with E-state index >= 15 is 0 Å². The van der Waals surface area contributed by atoms with Crippen molar-refractivity contribution in [1.82, 2.24) is 14.9 Å². The standard InChI is InChI=1S/C24H24FN3O3/c1-15-26-21(12-23(29)27-15)19-14-28(13-18(19)17-8-4-5-9-20(17)25)24(30)11-16-7-3-6-10-22(16)31-2/h3-10,12,18-19H,11,13-14H2,1-2H3,(H,26,27,29)/t18-,19+/m0/s1. The Kier molecular flexibility index (Phi) is 5.84. The van der Waals surface area contributed by atoms with Crippen molar-refractivity contribution in [2.24, 2.45) is 0 Å². The van der Waals surface area contributed by atoms with Gasteiger partial charge >= 0.3 is 0 Å². The van der Waals surface area contributed by atoms with Crippen LogP contribution in [0.25, 0.3) is 0 Å². The molecule has 2 aromatic carbocycles. The highest BCUT2D eigenvalue weighted by Crippen LogP contribution is 2.40. The molecule has 2 heterocycles. The zero-order chi connectivity index (χ0) is 22.0. The predicted octanol–water partition coefficient (Wildman–Crippen LogP) is 3.18. The Morgan fingerprint density at radius 2 is 1.87 bits per heavy atom. The highest BCUT2D eigenvalue weighted by atomic mass is 19.1. The fraction of sp³-hybridized carbons (Fsp3) is 0.292. The Morgan fingerprint density at radius 1 is 1.16 bits per heavy atom. The Bertz CT molecular complexity index is 1160. The number of aromatic amines is 1. The lowest BCUT2D eigenvalue weighted by molar-refractivity contribution is -0.129. The predicted molar refractivity (Wildman–Crippen MR) is 115 cm³/mol. The van der Waals surface area contributed by atoms with Gasteiger partial charge in [0.05, 0.1) is 19.2 Å². The second-order valence-electron chi connectivity index (χ2n) is 7.78. The molecule has 0 unspecified atom stereocenters. The lowest BCUT2D eigenvalue weighted by Crippen LogP contribution is -2.30. The molecule has 1 aliphatic rings. The van der Waals surface area contributed by atoms with Crippen LogP contribution < -0.4 is 10.3 Å². The fourth-order valence-electron chi connectivity index (χ4n) is 4.31. The maximum Gasteiger partial charge on any atom is 0.251 e. The van der Waals surface area contributed by atoms with Crippen molar-refractivity contribution in [2.75, 3.05) is 20.2 Å². The minimum absolute atomic E-state index is 0.0742. The summed E-state index contributed by atoms with van der Waals surface area (Å²) in [5.41, 5.74) is 1.64. The number of aromatic nitrogens is 2. The van der Waals surface area contributed by atoms with Gasteiger partial charge in [-0.15, -0.1) is 0 Å². The molecule has 31 heavy (non-hydrogen) atoms. The van der Waals surface area contributed by atoms with E-state index in [1.807, 2.05) is 24.3 Å². The summed E-state index contributed by atoms with van der Waals surface area (Å²) in [5, 5.41) is 0. The van der Waals surface area contributed by atoms with Crippen LogP contribution in [0.4, 0.5) is 4.39 Å². The zero-order valence-electron chi connectivity index (χ0n) is 17.5. The first-order valence-corrected chi connectivity index (χ1v) is 10.2. The van der Waals surface area contributed by atoms with E-state index in [0.717, 1.165) is 5.56 Å². The van der Waals surface area contributed by atoms with Crippen molar-refractivity contribution >= 4 is 5.91 Å². The number of carbonyl (C=O) groups is 1. The SMILES string of the molecule is COc1ccccc1CC(=O)N1C[C@@H](c2cc(=O)[nH]c(C)n2)[C@H](c2ccccc2F)C1. The minimum Gasteiger partial charge on any atom is -0.496 e. The van der Waals surface area contributed by atoms with Crippen LogP contribution in [0.2, 0.25) is 0 Å². The van der Waals surface area contributed by atoms with Gasteiger partial charge in [-0.25, -0.2) is 9.37 Å². The fourth-order valence-corrected chi connectivity index (χ4v) is 4.31. The van der Waals surface area contributed by atoms with E-state index in [0.29, 0.717) is 35.9 Å². The molecule has 0 aliphatic carbocycles. The number of hydrogen-bond donors (Lipinski definition) is 1. The Morgan fingerprint density at radius 3 is 2.61 bits per heavy atom. The van der Waals surface area contributed by atoms with Crippen LogP contribution in [0.3, 0.4) is 0 Å². The number of likely N-dealkylation sites (tertiary alicyclic amines) is 1. The number of amides is 1. The van der Waals surface area contributed by atoms with Crippen LogP contribution in [0.15, 0.2) is 59.4 Å². The Hall–Kier alpha value is -3.48. The monoisotopic (exact) mass is 421 g/mol. The highest BCUT2D eigenvalue weighted by molar-refractivity contribution is 5.80.